The molecule has 9 heteroatoms. The molecule has 1 amide bonds. The first-order valence-electron chi connectivity index (χ1n) is 9.57. The minimum atomic E-state index is -0.137. The van der Waals surface area contributed by atoms with Gasteiger partial charge in [0.2, 0.25) is 5.91 Å². The van der Waals surface area contributed by atoms with Crippen LogP contribution < -0.4 is 5.32 Å². The van der Waals surface area contributed by atoms with Crippen molar-refractivity contribution in [1.29, 1.82) is 0 Å². The highest BCUT2D eigenvalue weighted by atomic mass is 35.5. The van der Waals surface area contributed by atoms with Crippen LogP contribution in [0.1, 0.15) is 12.8 Å². The molecule has 1 atom stereocenters. The second-order valence-corrected chi connectivity index (χ2v) is 8.72. The fraction of sp³-hybridized carbons (Fsp3) is 0.286. The van der Waals surface area contributed by atoms with Crippen molar-refractivity contribution in [2.75, 3.05) is 17.7 Å². The number of aromatic nitrogens is 3. The van der Waals surface area contributed by atoms with E-state index in [0.29, 0.717) is 27.4 Å². The minimum Gasteiger partial charge on any atom is -0.376 e. The Bertz CT molecular complexity index is 1020. The summed E-state index contributed by atoms with van der Waals surface area (Å²) in [5, 5.41) is 13.5. The van der Waals surface area contributed by atoms with Crippen LogP contribution in [0.3, 0.4) is 0 Å². The molecule has 0 bridgehead atoms. The van der Waals surface area contributed by atoms with Gasteiger partial charge in [0.15, 0.2) is 11.0 Å². The maximum Gasteiger partial charge on any atom is 0.234 e. The van der Waals surface area contributed by atoms with E-state index in [0.717, 1.165) is 30.8 Å². The largest absolute Gasteiger partial charge is 0.376 e. The lowest BCUT2D eigenvalue weighted by Crippen LogP contribution is -2.18. The van der Waals surface area contributed by atoms with E-state index in [1.165, 1.54) is 11.8 Å². The number of hydrogen-bond acceptors (Lipinski definition) is 5. The van der Waals surface area contributed by atoms with Gasteiger partial charge in [0.05, 0.1) is 18.4 Å². The number of ether oxygens (including phenoxy) is 1. The molecule has 1 unspecified atom stereocenters. The van der Waals surface area contributed by atoms with Gasteiger partial charge in [0, 0.05) is 27.9 Å². The summed E-state index contributed by atoms with van der Waals surface area (Å²) in [4.78, 5) is 12.4. The van der Waals surface area contributed by atoms with E-state index in [2.05, 4.69) is 15.5 Å². The number of nitrogens with zero attached hydrogens (tertiary/aromatic N) is 3. The van der Waals surface area contributed by atoms with Crippen molar-refractivity contribution in [3.63, 3.8) is 0 Å². The summed E-state index contributed by atoms with van der Waals surface area (Å²) in [6.07, 6.45) is 2.16. The summed E-state index contributed by atoms with van der Waals surface area (Å²) in [5.74, 6) is 0.804. The Kier molecular flexibility index (Phi) is 6.94. The van der Waals surface area contributed by atoms with Gasteiger partial charge in [-0.1, -0.05) is 41.0 Å². The highest BCUT2D eigenvalue weighted by Crippen LogP contribution is 2.27. The molecule has 0 aliphatic carbocycles. The van der Waals surface area contributed by atoms with Crippen molar-refractivity contribution in [2.45, 2.75) is 30.6 Å². The van der Waals surface area contributed by atoms with Crippen molar-refractivity contribution >= 4 is 46.6 Å². The molecule has 1 saturated heterocycles. The molecule has 30 heavy (non-hydrogen) atoms. The predicted octanol–water partition coefficient (Wildman–Crippen LogP) is 5.16. The van der Waals surface area contributed by atoms with Crippen molar-refractivity contribution in [2.24, 2.45) is 0 Å². The van der Waals surface area contributed by atoms with Crippen LogP contribution in [0.5, 0.6) is 0 Å². The average molecular weight is 463 g/mol. The fourth-order valence-corrected chi connectivity index (χ4v) is 4.32. The Morgan fingerprint density at radius 1 is 1.17 bits per heavy atom. The molecule has 2 heterocycles. The molecule has 4 rings (SSSR count). The first-order valence-corrected chi connectivity index (χ1v) is 11.3. The quantitative estimate of drug-likeness (QED) is 0.490. The molecule has 0 radical (unpaired) electrons. The van der Waals surface area contributed by atoms with Crippen molar-refractivity contribution in [3.05, 3.63) is 58.6 Å². The molecule has 0 saturated carbocycles. The molecular formula is C21H20Cl2N4O2S. The van der Waals surface area contributed by atoms with Gasteiger partial charge in [0.1, 0.15) is 0 Å². The number of carbonyl (C=O) groups is 1. The molecule has 1 N–H and O–H groups in total. The average Bonchev–Trinajstić information content (AvgIpc) is 3.38. The molecular weight excluding hydrogens is 443 g/mol. The summed E-state index contributed by atoms with van der Waals surface area (Å²) >= 11 is 13.3. The van der Waals surface area contributed by atoms with Crippen LogP contribution in [-0.2, 0) is 16.1 Å². The highest BCUT2D eigenvalue weighted by molar-refractivity contribution is 7.99. The number of halogens is 2. The monoisotopic (exact) mass is 462 g/mol. The van der Waals surface area contributed by atoms with Crippen LogP contribution in [0.15, 0.2) is 53.7 Å². The zero-order chi connectivity index (χ0) is 20.9. The van der Waals surface area contributed by atoms with Crippen LogP contribution in [0.4, 0.5) is 5.69 Å². The lowest BCUT2D eigenvalue weighted by molar-refractivity contribution is -0.113. The summed E-state index contributed by atoms with van der Waals surface area (Å²) in [6, 6.07) is 14.5. The van der Waals surface area contributed by atoms with Gasteiger partial charge in [-0.2, -0.15) is 0 Å². The Labute approximate surface area is 188 Å². The summed E-state index contributed by atoms with van der Waals surface area (Å²) in [7, 11) is 0. The molecule has 0 spiro atoms. The van der Waals surface area contributed by atoms with Gasteiger partial charge in [-0.3, -0.25) is 9.36 Å². The minimum absolute atomic E-state index is 0.117. The standard InChI is InChI=1S/C21H20Cl2N4O2S/c22-15-8-6-14(7-9-15)20-25-26-21(27(20)12-18-5-2-10-29-18)30-13-19(28)24-17-4-1-3-16(23)11-17/h1,3-4,6-9,11,18H,2,5,10,12-13H2,(H,24,28). The van der Waals surface area contributed by atoms with Gasteiger partial charge >= 0.3 is 0 Å². The van der Waals surface area contributed by atoms with E-state index < -0.39 is 0 Å². The highest BCUT2D eigenvalue weighted by Gasteiger charge is 2.22. The van der Waals surface area contributed by atoms with Gasteiger partial charge < -0.3 is 10.1 Å². The Balaban J connectivity index is 1.50. The zero-order valence-electron chi connectivity index (χ0n) is 16.1. The fourth-order valence-electron chi connectivity index (χ4n) is 3.26. The molecule has 3 aromatic rings. The van der Waals surface area contributed by atoms with Crippen LogP contribution in [0.2, 0.25) is 10.0 Å². The third-order valence-electron chi connectivity index (χ3n) is 4.67. The van der Waals surface area contributed by atoms with Crippen LogP contribution in [0, 0.1) is 0 Å². The maximum absolute atomic E-state index is 12.4. The topological polar surface area (TPSA) is 69.0 Å². The molecule has 1 aliphatic heterocycles. The zero-order valence-corrected chi connectivity index (χ0v) is 18.4. The lowest BCUT2D eigenvalue weighted by Gasteiger charge is -2.14. The van der Waals surface area contributed by atoms with E-state index in [-0.39, 0.29) is 17.8 Å². The maximum atomic E-state index is 12.4. The van der Waals surface area contributed by atoms with Crippen molar-refractivity contribution in [1.82, 2.24) is 14.8 Å². The Morgan fingerprint density at radius 2 is 2.00 bits per heavy atom. The molecule has 2 aromatic carbocycles. The van der Waals surface area contributed by atoms with E-state index in [1.807, 2.05) is 28.8 Å². The Hall–Kier alpha value is -2.06. The molecule has 1 aliphatic rings. The predicted molar refractivity (Wildman–Crippen MR) is 120 cm³/mol. The van der Waals surface area contributed by atoms with Crippen LogP contribution >= 0.6 is 35.0 Å². The van der Waals surface area contributed by atoms with E-state index in [4.69, 9.17) is 27.9 Å². The smallest absolute Gasteiger partial charge is 0.234 e. The second-order valence-electron chi connectivity index (χ2n) is 6.91. The SMILES string of the molecule is O=C(CSc1nnc(-c2ccc(Cl)cc2)n1CC1CCCO1)Nc1cccc(Cl)c1. The van der Waals surface area contributed by atoms with Crippen LogP contribution in [-0.4, -0.2) is 39.1 Å². The number of nitrogens with one attached hydrogen (secondary N) is 1. The molecule has 1 fully saturated rings. The van der Waals surface area contributed by atoms with Gasteiger partial charge in [0.25, 0.3) is 0 Å². The third-order valence-corrected chi connectivity index (χ3v) is 6.12. The number of benzene rings is 2. The number of rotatable bonds is 7. The molecule has 156 valence electrons. The van der Waals surface area contributed by atoms with Crippen molar-refractivity contribution < 1.29 is 9.53 Å². The second kappa shape index (κ2) is 9.83. The molecule has 1 aromatic heterocycles. The first kappa shape index (κ1) is 21.2. The third kappa shape index (κ3) is 5.35. The van der Waals surface area contributed by atoms with E-state index in [9.17, 15) is 4.79 Å². The number of carbonyl (C=O) groups excluding carboxylic acids is 1. The molecule has 6 nitrogen and oxygen atoms in total. The van der Waals surface area contributed by atoms with Gasteiger partial charge in [-0.05, 0) is 55.3 Å². The summed E-state index contributed by atoms with van der Waals surface area (Å²) in [6.45, 7) is 1.41. The van der Waals surface area contributed by atoms with Gasteiger partial charge in [-0.25, -0.2) is 0 Å². The normalized spacial score (nSPS) is 16.0. The number of thioether (sulfide) groups is 1. The van der Waals surface area contributed by atoms with E-state index >= 15 is 0 Å². The summed E-state index contributed by atoms with van der Waals surface area (Å²) in [5.41, 5.74) is 1.58. The van der Waals surface area contributed by atoms with Gasteiger partial charge in [-0.15, -0.1) is 10.2 Å². The number of anilines is 1. The van der Waals surface area contributed by atoms with E-state index in [1.54, 1.807) is 24.3 Å². The van der Waals surface area contributed by atoms with Crippen molar-refractivity contribution in [3.8, 4) is 11.4 Å². The Morgan fingerprint density at radius 3 is 2.73 bits per heavy atom. The number of amides is 1. The lowest BCUT2D eigenvalue weighted by atomic mass is 10.2. The summed E-state index contributed by atoms with van der Waals surface area (Å²) < 4.78 is 7.83. The first-order chi connectivity index (χ1) is 14.6. The van der Waals surface area contributed by atoms with Crippen LogP contribution in [0.25, 0.3) is 11.4 Å². The number of hydrogen-bond donors (Lipinski definition) is 1.